The minimum Gasteiger partial charge on any atom is -0.472 e. The van der Waals surface area contributed by atoms with Crippen LogP contribution in [0.5, 0.6) is 5.75 Å². The van der Waals surface area contributed by atoms with Gasteiger partial charge in [-0.25, -0.2) is 15.0 Å². The van der Waals surface area contributed by atoms with Crippen molar-refractivity contribution in [3.05, 3.63) is 91.4 Å². The zero-order valence-electron chi connectivity index (χ0n) is 18.1. The highest BCUT2D eigenvalue weighted by Crippen LogP contribution is 2.39. The highest BCUT2D eigenvalue weighted by atomic mass is 31.1. The topological polar surface area (TPSA) is 76.1 Å². The van der Waals surface area contributed by atoms with Gasteiger partial charge in [-0.05, 0) is 43.2 Å². The molecule has 0 spiro atoms. The fraction of sp³-hybridized carbons (Fsp3) is 0.167. The number of pyridine rings is 2. The van der Waals surface area contributed by atoms with Crippen molar-refractivity contribution in [2.75, 3.05) is 23.0 Å². The Morgan fingerprint density at radius 1 is 0.906 bits per heavy atom. The summed E-state index contributed by atoms with van der Waals surface area (Å²) in [5, 5.41) is 3.48. The van der Waals surface area contributed by atoms with E-state index in [1.165, 1.54) is 6.33 Å². The predicted molar refractivity (Wildman–Crippen MR) is 130 cm³/mol. The Hall–Kier alpha value is -3.57. The summed E-state index contributed by atoms with van der Waals surface area (Å²) in [7, 11) is -0.517. The minimum atomic E-state index is -0.517. The van der Waals surface area contributed by atoms with Gasteiger partial charge in [-0.3, -0.25) is 4.98 Å². The van der Waals surface area contributed by atoms with Gasteiger partial charge in [0.25, 0.3) is 0 Å². The molecule has 7 nitrogen and oxygen atoms in total. The van der Waals surface area contributed by atoms with Gasteiger partial charge in [-0.1, -0.05) is 25.1 Å². The highest BCUT2D eigenvalue weighted by molar-refractivity contribution is 7.52. The number of aromatic nitrogens is 4. The van der Waals surface area contributed by atoms with Crippen LogP contribution >= 0.6 is 8.15 Å². The van der Waals surface area contributed by atoms with Crippen molar-refractivity contribution < 1.29 is 4.52 Å². The van der Waals surface area contributed by atoms with Crippen LogP contribution in [0.4, 0.5) is 22.9 Å². The average molecular weight is 444 g/mol. The van der Waals surface area contributed by atoms with Crippen molar-refractivity contribution in [3.8, 4) is 5.75 Å². The summed E-state index contributed by atoms with van der Waals surface area (Å²) in [5.74, 6) is 1.60. The van der Waals surface area contributed by atoms with Gasteiger partial charge in [0.15, 0.2) is 0 Å². The molecule has 0 saturated heterocycles. The van der Waals surface area contributed by atoms with E-state index in [1.807, 2.05) is 48.7 Å². The number of hydrogen-bond acceptors (Lipinski definition) is 7. The van der Waals surface area contributed by atoms with Crippen molar-refractivity contribution in [2.24, 2.45) is 0 Å². The number of anilines is 4. The Morgan fingerprint density at radius 3 is 2.47 bits per heavy atom. The number of para-hydroxylation sites is 2. The molecule has 32 heavy (non-hydrogen) atoms. The maximum Gasteiger partial charge on any atom is 0.146 e. The second kappa shape index (κ2) is 10.6. The van der Waals surface area contributed by atoms with Gasteiger partial charge >= 0.3 is 0 Å². The molecule has 8 heteroatoms. The molecule has 0 aliphatic heterocycles. The maximum atomic E-state index is 6.17. The summed E-state index contributed by atoms with van der Waals surface area (Å²) in [5.41, 5.74) is 3.73. The Balaban J connectivity index is 1.65. The van der Waals surface area contributed by atoms with Gasteiger partial charge in [0, 0.05) is 18.0 Å². The van der Waals surface area contributed by atoms with Crippen molar-refractivity contribution in [1.29, 1.82) is 0 Å². The molecule has 0 radical (unpaired) electrons. The van der Waals surface area contributed by atoms with E-state index in [0.29, 0.717) is 6.54 Å². The lowest BCUT2D eigenvalue weighted by Gasteiger charge is -2.25. The molecule has 3 aromatic heterocycles. The van der Waals surface area contributed by atoms with Gasteiger partial charge in [-0.15, -0.1) is 0 Å². The Morgan fingerprint density at radius 2 is 1.69 bits per heavy atom. The zero-order chi connectivity index (χ0) is 22.2. The van der Waals surface area contributed by atoms with Crippen LogP contribution in [0.3, 0.4) is 0 Å². The standard InChI is InChI=1S/C24H25N6OP/c1-3-32(2)31-23-11-5-4-10-22(23)29-24-19(8-6-13-28-24)17-30(20-9-7-12-25-14-20)21-15-26-18-27-16-21/h4-16,18H,3,17H2,1-2H3,(H,28,29). The van der Waals surface area contributed by atoms with Gasteiger partial charge in [0.2, 0.25) is 0 Å². The smallest absolute Gasteiger partial charge is 0.146 e. The van der Waals surface area contributed by atoms with Crippen molar-refractivity contribution in [3.63, 3.8) is 0 Å². The molecule has 1 N–H and O–H groups in total. The van der Waals surface area contributed by atoms with E-state index in [9.17, 15) is 0 Å². The van der Waals surface area contributed by atoms with Crippen LogP contribution in [0.25, 0.3) is 0 Å². The Kier molecular flexibility index (Phi) is 7.20. The summed E-state index contributed by atoms with van der Waals surface area (Å²) in [6.07, 6.45) is 11.5. The molecular weight excluding hydrogens is 419 g/mol. The SMILES string of the molecule is CCP(C)Oc1ccccc1Nc1ncccc1CN(c1cccnc1)c1cncnc1. The number of hydrogen-bond donors (Lipinski definition) is 1. The molecule has 4 rings (SSSR count). The first-order valence-corrected chi connectivity index (χ1v) is 12.3. The van der Waals surface area contributed by atoms with Gasteiger partial charge in [0.05, 0.1) is 50.3 Å². The summed E-state index contributed by atoms with van der Waals surface area (Å²) >= 11 is 0. The lowest BCUT2D eigenvalue weighted by molar-refractivity contribution is 0.621. The zero-order valence-corrected chi connectivity index (χ0v) is 19.0. The lowest BCUT2D eigenvalue weighted by atomic mass is 10.2. The third-order valence-corrected chi connectivity index (χ3v) is 6.27. The first kappa shape index (κ1) is 21.7. The van der Waals surface area contributed by atoms with E-state index >= 15 is 0 Å². The Labute approximate surface area is 189 Å². The average Bonchev–Trinajstić information content (AvgIpc) is 2.85. The van der Waals surface area contributed by atoms with Crippen LogP contribution in [0.1, 0.15) is 12.5 Å². The summed E-state index contributed by atoms with van der Waals surface area (Å²) in [4.78, 5) is 19.4. The molecule has 1 atom stereocenters. The third kappa shape index (κ3) is 5.37. The summed E-state index contributed by atoms with van der Waals surface area (Å²) in [6, 6.07) is 15.9. The summed E-state index contributed by atoms with van der Waals surface area (Å²) in [6.45, 7) is 4.83. The fourth-order valence-corrected chi connectivity index (χ4v) is 3.76. The highest BCUT2D eigenvalue weighted by Gasteiger charge is 2.15. The largest absolute Gasteiger partial charge is 0.472 e. The quantitative estimate of drug-likeness (QED) is 0.328. The maximum absolute atomic E-state index is 6.17. The second-order valence-electron chi connectivity index (χ2n) is 7.06. The van der Waals surface area contributed by atoms with Crippen LogP contribution in [-0.4, -0.2) is 32.8 Å². The first-order chi connectivity index (χ1) is 15.7. The van der Waals surface area contributed by atoms with E-state index in [-0.39, 0.29) is 0 Å². The molecular formula is C24H25N6OP. The van der Waals surface area contributed by atoms with Gasteiger partial charge in [-0.2, -0.15) is 0 Å². The van der Waals surface area contributed by atoms with E-state index in [1.54, 1.807) is 24.8 Å². The van der Waals surface area contributed by atoms with E-state index in [2.05, 4.69) is 49.8 Å². The van der Waals surface area contributed by atoms with Crippen LogP contribution in [-0.2, 0) is 6.54 Å². The molecule has 1 aromatic carbocycles. The molecule has 1 unspecified atom stereocenters. The molecule has 0 saturated carbocycles. The molecule has 0 aliphatic carbocycles. The second-order valence-corrected chi connectivity index (χ2v) is 9.13. The van der Waals surface area contributed by atoms with Crippen molar-refractivity contribution in [1.82, 2.24) is 19.9 Å². The van der Waals surface area contributed by atoms with E-state index in [0.717, 1.165) is 40.4 Å². The van der Waals surface area contributed by atoms with Crippen molar-refractivity contribution in [2.45, 2.75) is 13.5 Å². The van der Waals surface area contributed by atoms with E-state index in [4.69, 9.17) is 4.52 Å². The molecule has 0 amide bonds. The van der Waals surface area contributed by atoms with Gasteiger partial charge < -0.3 is 14.7 Å². The molecule has 4 aromatic rings. The number of nitrogens with one attached hydrogen (secondary N) is 1. The number of benzene rings is 1. The summed E-state index contributed by atoms with van der Waals surface area (Å²) < 4.78 is 6.17. The molecule has 0 bridgehead atoms. The monoisotopic (exact) mass is 444 g/mol. The molecule has 0 fully saturated rings. The van der Waals surface area contributed by atoms with Crippen LogP contribution in [0.15, 0.2) is 85.8 Å². The van der Waals surface area contributed by atoms with E-state index < -0.39 is 8.15 Å². The van der Waals surface area contributed by atoms with Crippen LogP contribution in [0, 0.1) is 0 Å². The minimum absolute atomic E-state index is 0.517. The van der Waals surface area contributed by atoms with Crippen LogP contribution < -0.4 is 14.7 Å². The fourth-order valence-electron chi connectivity index (χ4n) is 3.13. The number of nitrogens with zero attached hydrogens (tertiary/aromatic N) is 5. The third-order valence-electron chi connectivity index (χ3n) is 4.88. The number of rotatable bonds is 9. The molecule has 0 aliphatic rings. The van der Waals surface area contributed by atoms with Crippen molar-refractivity contribution >= 4 is 31.0 Å². The molecule has 3 heterocycles. The molecule has 162 valence electrons. The normalized spacial score (nSPS) is 11.6. The predicted octanol–water partition coefficient (Wildman–Crippen LogP) is 5.77. The Bertz CT molecular complexity index is 1090. The first-order valence-electron chi connectivity index (χ1n) is 10.4. The lowest BCUT2D eigenvalue weighted by Crippen LogP contribution is -2.18. The van der Waals surface area contributed by atoms with Gasteiger partial charge in [0.1, 0.15) is 17.9 Å². The van der Waals surface area contributed by atoms with Crippen LogP contribution in [0.2, 0.25) is 0 Å².